The average Bonchev–Trinajstić information content (AvgIpc) is 2.77. The van der Waals surface area contributed by atoms with Crippen LogP contribution in [-0.2, 0) is 7.05 Å². The van der Waals surface area contributed by atoms with Gasteiger partial charge >= 0.3 is 0 Å². The Morgan fingerprint density at radius 2 is 1.85 bits per heavy atom. The number of hydrogen-bond donors (Lipinski definition) is 1. The predicted octanol–water partition coefficient (Wildman–Crippen LogP) is 2.87. The third kappa shape index (κ3) is 2.03. The molecular formula is C15H13FN4. The molecule has 20 heavy (non-hydrogen) atoms. The summed E-state index contributed by atoms with van der Waals surface area (Å²) in [5.74, 6) is 0.259. The number of benzene rings is 1. The third-order valence-corrected chi connectivity index (χ3v) is 3.16. The van der Waals surface area contributed by atoms with Crippen LogP contribution in [0.25, 0.3) is 22.4 Å². The summed E-state index contributed by atoms with van der Waals surface area (Å²) in [5, 5.41) is 4.44. The number of hydrogen-bond acceptors (Lipinski definition) is 3. The van der Waals surface area contributed by atoms with E-state index in [0.717, 1.165) is 22.4 Å². The van der Waals surface area contributed by atoms with E-state index in [1.165, 1.54) is 12.1 Å². The maximum Gasteiger partial charge on any atom is 0.129 e. The highest BCUT2D eigenvalue weighted by Gasteiger charge is 2.17. The van der Waals surface area contributed by atoms with Gasteiger partial charge in [-0.2, -0.15) is 5.10 Å². The summed E-state index contributed by atoms with van der Waals surface area (Å²) in [6.07, 6.45) is 3.43. The fourth-order valence-corrected chi connectivity index (χ4v) is 2.14. The highest BCUT2D eigenvalue weighted by molar-refractivity contribution is 5.87. The number of rotatable bonds is 2. The number of nitrogen functional groups attached to an aromatic ring is 1. The quantitative estimate of drug-likeness (QED) is 0.777. The van der Waals surface area contributed by atoms with Gasteiger partial charge in [-0.1, -0.05) is 12.1 Å². The van der Waals surface area contributed by atoms with E-state index in [1.54, 1.807) is 36.3 Å². The zero-order valence-electron chi connectivity index (χ0n) is 10.9. The van der Waals surface area contributed by atoms with Gasteiger partial charge in [0.1, 0.15) is 17.3 Å². The molecule has 2 aromatic heterocycles. The maximum absolute atomic E-state index is 13.1. The van der Waals surface area contributed by atoms with Crippen LogP contribution >= 0.6 is 0 Å². The number of halogens is 1. The second kappa shape index (κ2) is 4.77. The summed E-state index contributed by atoms with van der Waals surface area (Å²) in [4.78, 5) is 4.10. The SMILES string of the molecule is Cn1nc(-c2cccnc2)c(-c2ccc(F)cc2)c1N. The molecule has 4 nitrogen and oxygen atoms in total. The molecule has 0 aliphatic carbocycles. The Morgan fingerprint density at radius 3 is 2.50 bits per heavy atom. The molecule has 1 aromatic carbocycles. The lowest BCUT2D eigenvalue weighted by atomic mass is 10.0. The minimum atomic E-state index is -0.279. The van der Waals surface area contributed by atoms with E-state index in [-0.39, 0.29) is 5.82 Å². The van der Waals surface area contributed by atoms with Crippen LogP contribution in [-0.4, -0.2) is 14.8 Å². The van der Waals surface area contributed by atoms with Crippen LogP contribution in [0.1, 0.15) is 0 Å². The van der Waals surface area contributed by atoms with Gasteiger partial charge in [0, 0.05) is 25.0 Å². The number of aryl methyl sites for hydroxylation is 1. The number of pyridine rings is 1. The zero-order valence-corrected chi connectivity index (χ0v) is 10.9. The lowest BCUT2D eigenvalue weighted by Gasteiger charge is -2.04. The molecule has 2 heterocycles. The minimum absolute atomic E-state index is 0.279. The highest BCUT2D eigenvalue weighted by atomic mass is 19.1. The van der Waals surface area contributed by atoms with Crippen molar-refractivity contribution < 1.29 is 4.39 Å². The minimum Gasteiger partial charge on any atom is -0.383 e. The summed E-state index contributed by atoms with van der Waals surface area (Å²) < 4.78 is 14.7. The van der Waals surface area contributed by atoms with Crippen LogP contribution in [0.5, 0.6) is 0 Å². The first-order chi connectivity index (χ1) is 9.66. The molecule has 0 saturated heterocycles. The van der Waals surface area contributed by atoms with Gasteiger partial charge in [-0.3, -0.25) is 9.67 Å². The topological polar surface area (TPSA) is 56.7 Å². The molecule has 5 heteroatoms. The van der Waals surface area contributed by atoms with Gasteiger partial charge in [0.15, 0.2) is 0 Å². The Hall–Kier alpha value is -2.69. The Labute approximate surface area is 115 Å². The van der Waals surface area contributed by atoms with Crippen LogP contribution in [0.2, 0.25) is 0 Å². The van der Waals surface area contributed by atoms with Crippen molar-refractivity contribution in [2.24, 2.45) is 7.05 Å². The molecule has 0 bridgehead atoms. The van der Waals surface area contributed by atoms with Crippen molar-refractivity contribution >= 4 is 5.82 Å². The number of aromatic nitrogens is 3. The second-order valence-electron chi connectivity index (χ2n) is 4.48. The molecule has 0 radical (unpaired) electrons. The van der Waals surface area contributed by atoms with Gasteiger partial charge in [0.25, 0.3) is 0 Å². The van der Waals surface area contributed by atoms with Crippen molar-refractivity contribution in [2.75, 3.05) is 5.73 Å². The van der Waals surface area contributed by atoms with Crippen LogP contribution in [0.15, 0.2) is 48.8 Å². The third-order valence-electron chi connectivity index (χ3n) is 3.16. The van der Waals surface area contributed by atoms with Crippen molar-refractivity contribution in [1.29, 1.82) is 0 Å². The number of nitrogens with two attached hydrogens (primary N) is 1. The van der Waals surface area contributed by atoms with E-state index in [4.69, 9.17) is 5.73 Å². The molecule has 0 fully saturated rings. The summed E-state index contributed by atoms with van der Waals surface area (Å²) in [6, 6.07) is 9.98. The molecule has 0 unspecified atom stereocenters. The zero-order chi connectivity index (χ0) is 14.1. The van der Waals surface area contributed by atoms with Crippen molar-refractivity contribution in [3.63, 3.8) is 0 Å². The Balaban J connectivity index is 2.22. The van der Waals surface area contributed by atoms with Crippen molar-refractivity contribution in [1.82, 2.24) is 14.8 Å². The van der Waals surface area contributed by atoms with Crippen molar-refractivity contribution in [2.45, 2.75) is 0 Å². The van der Waals surface area contributed by atoms with Crippen LogP contribution < -0.4 is 5.73 Å². The van der Waals surface area contributed by atoms with Crippen LogP contribution in [0, 0.1) is 5.82 Å². The fraction of sp³-hybridized carbons (Fsp3) is 0.0667. The van der Waals surface area contributed by atoms with Gasteiger partial charge in [-0.25, -0.2) is 4.39 Å². The van der Waals surface area contributed by atoms with E-state index >= 15 is 0 Å². The van der Waals surface area contributed by atoms with Gasteiger partial charge in [0.05, 0.1) is 5.56 Å². The number of nitrogens with zero attached hydrogens (tertiary/aromatic N) is 3. The summed E-state index contributed by atoms with van der Waals surface area (Å²) in [7, 11) is 1.78. The normalized spacial score (nSPS) is 10.7. The molecule has 0 atom stereocenters. The molecule has 0 amide bonds. The monoisotopic (exact) mass is 268 g/mol. The van der Waals surface area contributed by atoms with E-state index in [9.17, 15) is 4.39 Å². The molecule has 100 valence electrons. The van der Waals surface area contributed by atoms with Gasteiger partial charge in [-0.05, 0) is 29.8 Å². The second-order valence-corrected chi connectivity index (χ2v) is 4.48. The highest BCUT2D eigenvalue weighted by Crippen LogP contribution is 2.35. The molecule has 0 saturated carbocycles. The summed E-state index contributed by atoms with van der Waals surface area (Å²) in [6.45, 7) is 0. The van der Waals surface area contributed by atoms with Gasteiger partial charge in [0.2, 0.25) is 0 Å². The van der Waals surface area contributed by atoms with E-state index in [2.05, 4.69) is 10.1 Å². The summed E-state index contributed by atoms with van der Waals surface area (Å²) >= 11 is 0. The van der Waals surface area contributed by atoms with Crippen molar-refractivity contribution in [3.8, 4) is 22.4 Å². The maximum atomic E-state index is 13.1. The first-order valence-electron chi connectivity index (χ1n) is 6.15. The number of anilines is 1. The average molecular weight is 268 g/mol. The Bertz CT molecular complexity index is 733. The standard InChI is InChI=1S/C15H13FN4/c1-20-15(17)13(10-4-6-12(16)7-5-10)14(19-20)11-3-2-8-18-9-11/h2-9H,17H2,1H3. The molecule has 3 aromatic rings. The first-order valence-corrected chi connectivity index (χ1v) is 6.15. The summed E-state index contributed by atoms with van der Waals surface area (Å²) in [5.41, 5.74) is 9.33. The van der Waals surface area contributed by atoms with Gasteiger partial charge < -0.3 is 5.73 Å². The van der Waals surface area contributed by atoms with E-state index in [0.29, 0.717) is 5.82 Å². The van der Waals surface area contributed by atoms with Crippen LogP contribution in [0.4, 0.5) is 10.2 Å². The first kappa shape index (κ1) is 12.3. The molecule has 0 spiro atoms. The smallest absolute Gasteiger partial charge is 0.129 e. The molecule has 2 N–H and O–H groups in total. The van der Waals surface area contributed by atoms with Crippen molar-refractivity contribution in [3.05, 3.63) is 54.6 Å². The molecule has 3 rings (SSSR count). The lowest BCUT2D eigenvalue weighted by molar-refractivity contribution is 0.628. The van der Waals surface area contributed by atoms with E-state index in [1.807, 2.05) is 12.1 Å². The molecule has 0 aliphatic heterocycles. The molecule has 0 aliphatic rings. The Morgan fingerprint density at radius 1 is 1.10 bits per heavy atom. The Kier molecular flexibility index (Phi) is 2.95. The van der Waals surface area contributed by atoms with Crippen LogP contribution in [0.3, 0.4) is 0 Å². The predicted molar refractivity (Wildman–Crippen MR) is 76.2 cm³/mol. The van der Waals surface area contributed by atoms with E-state index < -0.39 is 0 Å². The largest absolute Gasteiger partial charge is 0.383 e. The lowest BCUT2D eigenvalue weighted by Crippen LogP contribution is -1.97. The fourth-order valence-electron chi connectivity index (χ4n) is 2.14. The van der Waals surface area contributed by atoms with Gasteiger partial charge in [-0.15, -0.1) is 0 Å². The molecular weight excluding hydrogens is 255 g/mol.